The Hall–Kier alpha value is -1.34. The van der Waals surface area contributed by atoms with Gasteiger partial charge in [-0.05, 0) is 43.0 Å². The van der Waals surface area contributed by atoms with Crippen molar-refractivity contribution in [2.75, 3.05) is 10.7 Å². The lowest BCUT2D eigenvalue weighted by molar-refractivity contribution is -0.136. The molecule has 8 heteroatoms. The van der Waals surface area contributed by atoms with Crippen molar-refractivity contribution in [1.82, 2.24) is 0 Å². The van der Waals surface area contributed by atoms with E-state index in [1.807, 2.05) is 21.6 Å². The molecule has 1 heterocycles. The van der Waals surface area contributed by atoms with Gasteiger partial charge >= 0.3 is 5.97 Å². The smallest absolute Gasteiger partial charge is 0.307 e. The molecule has 3 rings (SSSR count). The van der Waals surface area contributed by atoms with Gasteiger partial charge in [0.1, 0.15) is 0 Å². The largest absolute Gasteiger partial charge is 0.481 e. The molecule has 30 heavy (non-hydrogen) atoms. The number of rotatable bonds is 9. The van der Waals surface area contributed by atoms with Crippen molar-refractivity contribution < 1.29 is 14.7 Å². The second-order valence-corrected chi connectivity index (χ2v) is 10.7. The Morgan fingerprint density at radius 3 is 2.47 bits per heavy atom. The summed E-state index contributed by atoms with van der Waals surface area (Å²) in [6, 6.07) is 12.1. The Morgan fingerprint density at radius 2 is 1.80 bits per heavy atom. The highest BCUT2D eigenvalue weighted by Gasteiger charge is 2.25. The molecular weight excluding hydrogens is 461 g/mol. The highest BCUT2D eigenvalue weighted by atomic mass is 35.5. The average molecular weight is 484 g/mol. The maximum absolute atomic E-state index is 13.3. The molecule has 1 amide bonds. The third kappa shape index (κ3) is 6.10. The average Bonchev–Trinajstić information content (AvgIpc) is 3.22. The van der Waals surface area contributed by atoms with Gasteiger partial charge in [0.25, 0.3) is 0 Å². The normalized spacial score (nSPS) is 15.9. The van der Waals surface area contributed by atoms with Gasteiger partial charge in [-0.1, -0.05) is 75.5 Å². The number of carboxylic acid groups (broad SMARTS) is 1. The fraction of sp³-hybridized carbons (Fsp3) is 0.364. The van der Waals surface area contributed by atoms with E-state index in [-0.39, 0.29) is 12.3 Å². The van der Waals surface area contributed by atoms with Crippen molar-refractivity contribution in [1.29, 1.82) is 0 Å². The van der Waals surface area contributed by atoms with Gasteiger partial charge in [-0.3, -0.25) is 14.5 Å². The van der Waals surface area contributed by atoms with E-state index < -0.39 is 5.97 Å². The van der Waals surface area contributed by atoms with E-state index in [2.05, 4.69) is 0 Å². The highest BCUT2D eigenvalue weighted by Crippen LogP contribution is 2.41. The van der Waals surface area contributed by atoms with Crippen LogP contribution in [0.2, 0.25) is 10.0 Å². The molecule has 2 aromatic carbocycles. The van der Waals surface area contributed by atoms with E-state index in [9.17, 15) is 14.7 Å². The van der Waals surface area contributed by atoms with Crippen molar-refractivity contribution in [3.05, 3.63) is 58.1 Å². The molecule has 1 N–H and O–H groups in total. The number of carbonyl (C=O) groups is 2. The first-order chi connectivity index (χ1) is 14.5. The van der Waals surface area contributed by atoms with Crippen LogP contribution in [0.15, 0.2) is 42.5 Å². The number of para-hydroxylation sites is 2. The Balaban J connectivity index is 1.85. The van der Waals surface area contributed by atoms with Gasteiger partial charge in [-0.15, -0.1) is 0 Å². The molecule has 0 spiro atoms. The molecule has 160 valence electrons. The van der Waals surface area contributed by atoms with Gasteiger partial charge in [-0.2, -0.15) is 0 Å². The summed E-state index contributed by atoms with van der Waals surface area (Å²) in [5.74, 6) is 0.0938. The van der Waals surface area contributed by atoms with Crippen molar-refractivity contribution in [3.63, 3.8) is 0 Å². The SMILES string of the molecule is O=C(O)Cc1ccccc1N(C(=O)CCCC[C@H]1CCSS1)c1c(Cl)cccc1Cl. The van der Waals surface area contributed by atoms with Crippen LogP contribution in [0.4, 0.5) is 11.4 Å². The molecule has 1 fully saturated rings. The summed E-state index contributed by atoms with van der Waals surface area (Å²) >= 11 is 12.8. The standard InChI is InChI=1S/C22H23Cl2NO3S2/c23-17-8-5-9-18(24)22(17)25(19-10-3-1-6-15(19)14-21(27)28)20(26)11-4-2-7-16-12-13-29-30-16/h1,3,5-6,8-10,16H,2,4,7,11-14H2,(H,27,28)/t16-/m0/s1. The van der Waals surface area contributed by atoms with Gasteiger partial charge in [0.15, 0.2) is 0 Å². The van der Waals surface area contributed by atoms with Crippen molar-refractivity contribution in [2.24, 2.45) is 0 Å². The minimum absolute atomic E-state index is 0.142. The second kappa shape index (κ2) is 11.3. The number of hydrogen-bond acceptors (Lipinski definition) is 4. The summed E-state index contributed by atoms with van der Waals surface area (Å²) in [5, 5.41) is 10.7. The summed E-state index contributed by atoms with van der Waals surface area (Å²) in [6.45, 7) is 0. The Labute approximate surface area is 194 Å². The fourth-order valence-corrected chi connectivity index (χ4v) is 7.04. The molecule has 4 nitrogen and oxygen atoms in total. The lowest BCUT2D eigenvalue weighted by Crippen LogP contribution is -2.27. The maximum atomic E-state index is 13.3. The first kappa shape index (κ1) is 23.3. The van der Waals surface area contributed by atoms with Gasteiger partial charge < -0.3 is 5.11 Å². The van der Waals surface area contributed by atoms with E-state index in [4.69, 9.17) is 23.2 Å². The molecule has 0 aromatic heterocycles. The van der Waals surface area contributed by atoms with E-state index in [0.29, 0.717) is 38.7 Å². The third-order valence-corrected chi connectivity index (χ3v) is 8.50. The van der Waals surface area contributed by atoms with Crippen LogP contribution in [0.5, 0.6) is 0 Å². The molecule has 0 aliphatic carbocycles. The van der Waals surface area contributed by atoms with Crippen LogP contribution in [0.1, 0.15) is 37.7 Å². The van der Waals surface area contributed by atoms with Crippen LogP contribution in [0.25, 0.3) is 0 Å². The van der Waals surface area contributed by atoms with Crippen LogP contribution in [0, 0.1) is 0 Å². The van der Waals surface area contributed by atoms with E-state index in [0.717, 1.165) is 19.3 Å². The van der Waals surface area contributed by atoms with Crippen LogP contribution in [-0.4, -0.2) is 28.0 Å². The number of unbranched alkanes of at least 4 members (excludes halogenated alkanes) is 1. The monoisotopic (exact) mass is 483 g/mol. The number of aliphatic carboxylic acids is 1. The van der Waals surface area contributed by atoms with E-state index in [1.165, 1.54) is 17.1 Å². The lowest BCUT2D eigenvalue weighted by Gasteiger charge is -2.27. The zero-order valence-corrected chi connectivity index (χ0v) is 19.5. The summed E-state index contributed by atoms with van der Waals surface area (Å²) in [5.41, 5.74) is 1.43. The molecule has 0 bridgehead atoms. The van der Waals surface area contributed by atoms with Gasteiger partial charge in [0.2, 0.25) is 5.91 Å². The molecule has 0 saturated carbocycles. The first-order valence-electron chi connectivity index (χ1n) is 9.82. The van der Waals surface area contributed by atoms with Gasteiger partial charge in [0, 0.05) is 17.4 Å². The van der Waals surface area contributed by atoms with Crippen LogP contribution in [-0.2, 0) is 16.0 Å². The molecule has 1 saturated heterocycles. The number of anilines is 2. The van der Waals surface area contributed by atoms with Crippen LogP contribution in [0.3, 0.4) is 0 Å². The molecule has 1 aliphatic heterocycles. The second-order valence-electron chi connectivity index (χ2n) is 7.07. The Bertz CT molecular complexity index is 883. The zero-order chi connectivity index (χ0) is 21.5. The summed E-state index contributed by atoms with van der Waals surface area (Å²) in [4.78, 5) is 26.2. The van der Waals surface area contributed by atoms with Crippen LogP contribution >= 0.6 is 44.8 Å². The van der Waals surface area contributed by atoms with Gasteiger partial charge in [0.05, 0.1) is 27.8 Å². The topological polar surface area (TPSA) is 57.6 Å². The number of nitrogens with zero attached hydrogens (tertiary/aromatic N) is 1. The first-order valence-corrected chi connectivity index (χ1v) is 13.0. The predicted octanol–water partition coefficient (Wildman–Crippen LogP) is 7.00. The minimum Gasteiger partial charge on any atom is -0.481 e. The number of benzene rings is 2. The van der Waals surface area contributed by atoms with Gasteiger partial charge in [-0.25, -0.2) is 0 Å². The Kier molecular flexibility index (Phi) is 8.81. The minimum atomic E-state index is -0.966. The summed E-state index contributed by atoms with van der Waals surface area (Å²) in [6.07, 6.45) is 4.22. The number of carboxylic acids is 1. The maximum Gasteiger partial charge on any atom is 0.307 e. The molecule has 2 aromatic rings. The quantitative estimate of drug-likeness (QED) is 0.307. The molecular formula is C22H23Cl2NO3S2. The van der Waals surface area contributed by atoms with Crippen molar-refractivity contribution in [3.8, 4) is 0 Å². The van der Waals surface area contributed by atoms with Crippen LogP contribution < -0.4 is 4.90 Å². The number of carbonyl (C=O) groups excluding carboxylic acids is 1. The molecule has 1 aliphatic rings. The number of amides is 1. The van der Waals surface area contributed by atoms with E-state index >= 15 is 0 Å². The third-order valence-electron chi connectivity index (χ3n) is 4.88. The van der Waals surface area contributed by atoms with E-state index in [1.54, 1.807) is 42.5 Å². The van der Waals surface area contributed by atoms with Crippen molar-refractivity contribution in [2.45, 2.75) is 43.8 Å². The molecule has 0 unspecified atom stereocenters. The highest BCUT2D eigenvalue weighted by molar-refractivity contribution is 8.77. The lowest BCUT2D eigenvalue weighted by atomic mass is 10.1. The number of hydrogen-bond donors (Lipinski definition) is 1. The molecule has 1 atom stereocenters. The summed E-state index contributed by atoms with van der Waals surface area (Å²) in [7, 11) is 3.86. The predicted molar refractivity (Wildman–Crippen MR) is 128 cm³/mol. The Morgan fingerprint density at radius 1 is 1.07 bits per heavy atom. The number of halogens is 2. The fourth-order valence-electron chi connectivity index (χ4n) is 3.45. The van der Waals surface area contributed by atoms with Crippen molar-refractivity contribution >= 4 is 68.0 Å². The summed E-state index contributed by atoms with van der Waals surface area (Å²) < 4.78 is 0. The zero-order valence-electron chi connectivity index (χ0n) is 16.4. The molecule has 0 radical (unpaired) electrons.